The van der Waals surface area contributed by atoms with Crippen molar-refractivity contribution in [1.29, 1.82) is 0 Å². The predicted molar refractivity (Wildman–Crippen MR) is 115 cm³/mol. The zero-order valence-electron chi connectivity index (χ0n) is 17.5. The molecule has 0 aliphatic heterocycles. The van der Waals surface area contributed by atoms with Gasteiger partial charge in [0, 0.05) is 5.69 Å². The number of ether oxygens (including phenoxy) is 2. The van der Waals surface area contributed by atoms with E-state index in [0.29, 0.717) is 15.9 Å². The Hall–Kier alpha value is -3.73. The third kappa shape index (κ3) is 6.64. The Labute approximate surface area is 182 Å². The van der Waals surface area contributed by atoms with Gasteiger partial charge >= 0.3 is 12.1 Å². The lowest BCUT2D eigenvalue weighted by Gasteiger charge is -2.19. The second kappa shape index (κ2) is 9.39. The SMILES string of the molecule is C=C(NC(=O)c1nc2cc(NC(=O)OC(C)(C)C)ccc2s1)C(=O)NC(=C)C(=O)OC. The number of hydrogen-bond donors (Lipinski definition) is 3. The van der Waals surface area contributed by atoms with Crippen molar-refractivity contribution in [3.05, 3.63) is 47.8 Å². The van der Waals surface area contributed by atoms with Crippen molar-refractivity contribution in [2.45, 2.75) is 26.4 Å². The number of nitrogens with zero attached hydrogens (tertiary/aromatic N) is 1. The van der Waals surface area contributed by atoms with Gasteiger partial charge in [0.1, 0.15) is 11.3 Å². The number of benzene rings is 1. The first kappa shape index (κ1) is 23.5. The third-order valence-corrected chi connectivity index (χ3v) is 4.50. The fraction of sp³-hybridized carbons (Fsp3) is 0.250. The van der Waals surface area contributed by atoms with Crippen molar-refractivity contribution in [2.24, 2.45) is 0 Å². The van der Waals surface area contributed by atoms with Gasteiger partial charge < -0.3 is 20.1 Å². The molecule has 0 radical (unpaired) electrons. The van der Waals surface area contributed by atoms with Crippen molar-refractivity contribution in [3.8, 4) is 0 Å². The number of aromatic nitrogens is 1. The van der Waals surface area contributed by atoms with Crippen molar-refractivity contribution in [1.82, 2.24) is 15.6 Å². The predicted octanol–water partition coefficient (Wildman–Crippen LogP) is 2.69. The van der Waals surface area contributed by atoms with E-state index in [-0.39, 0.29) is 16.4 Å². The van der Waals surface area contributed by atoms with Crippen LogP contribution in [0.4, 0.5) is 10.5 Å². The van der Waals surface area contributed by atoms with Crippen LogP contribution in [0.5, 0.6) is 0 Å². The molecule has 2 aromatic rings. The highest BCUT2D eigenvalue weighted by Crippen LogP contribution is 2.25. The third-order valence-electron chi connectivity index (χ3n) is 3.46. The van der Waals surface area contributed by atoms with Gasteiger partial charge in [-0.1, -0.05) is 13.2 Å². The minimum Gasteiger partial charge on any atom is -0.464 e. The molecule has 0 aliphatic carbocycles. The van der Waals surface area contributed by atoms with Gasteiger partial charge in [0.05, 0.1) is 23.0 Å². The highest BCUT2D eigenvalue weighted by atomic mass is 32.1. The zero-order valence-corrected chi connectivity index (χ0v) is 18.3. The number of amides is 3. The van der Waals surface area contributed by atoms with E-state index in [0.717, 1.165) is 18.4 Å². The first-order valence-electron chi connectivity index (χ1n) is 8.89. The topological polar surface area (TPSA) is 136 Å². The summed E-state index contributed by atoms with van der Waals surface area (Å²) in [4.78, 5) is 51.8. The van der Waals surface area contributed by atoms with E-state index in [4.69, 9.17) is 4.74 Å². The lowest BCUT2D eigenvalue weighted by Crippen LogP contribution is -2.35. The molecule has 11 heteroatoms. The minimum absolute atomic E-state index is 0.0742. The molecule has 3 N–H and O–H groups in total. The highest BCUT2D eigenvalue weighted by Gasteiger charge is 2.19. The lowest BCUT2D eigenvalue weighted by atomic mass is 10.2. The second-order valence-corrected chi connectivity index (χ2v) is 8.22. The van der Waals surface area contributed by atoms with Crippen LogP contribution in [0.3, 0.4) is 0 Å². The standard InChI is InChI=1S/C20H22N4O6S/c1-10(15(25)22-11(2)18(27)29-6)21-16(26)17-24-13-9-12(7-8-14(13)31-17)23-19(28)30-20(3,4)5/h7-9H,1-2H2,3-6H3,(H,21,26)(H,22,25)(H,23,28). The second-order valence-electron chi connectivity index (χ2n) is 7.19. The average molecular weight is 446 g/mol. The summed E-state index contributed by atoms with van der Waals surface area (Å²) in [6.07, 6.45) is -0.615. The summed E-state index contributed by atoms with van der Waals surface area (Å²) in [5, 5.41) is 7.15. The van der Waals surface area contributed by atoms with Crippen LogP contribution >= 0.6 is 11.3 Å². The van der Waals surface area contributed by atoms with Crippen LogP contribution in [0.25, 0.3) is 10.2 Å². The van der Waals surface area contributed by atoms with E-state index in [2.05, 4.69) is 38.8 Å². The fourth-order valence-electron chi connectivity index (χ4n) is 2.16. The molecule has 10 nitrogen and oxygen atoms in total. The monoisotopic (exact) mass is 446 g/mol. The summed E-state index contributed by atoms with van der Waals surface area (Å²) in [5.74, 6) is -2.31. The van der Waals surface area contributed by atoms with E-state index < -0.39 is 29.5 Å². The maximum Gasteiger partial charge on any atom is 0.412 e. The highest BCUT2D eigenvalue weighted by molar-refractivity contribution is 7.20. The summed E-state index contributed by atoms with van der Waals surface area (Å²) in [6.45, 7) is 12.1. The molecule has 0 unspecified atom stereocenters. The number of methoxy groups -OCH3 is 1. The number of carbonyl (C=O) groups is 4. The number of anilines is 1. The van der Waals surface area contributed by atoms with Gasteiger partial charge in [0.2, 0.25) is 0 Å². The van der Waals surface area contributed by atoms with Gasteiger partial charge in [0.15, 0.2) is 5.01 Å². The number of hydrogen-bond acceptors (Lipinski definition) is 8. The molecular weight excluding hydrogens is 424 g/mol. The molecule has 31 heavy (non-hydrogen) atoms. The van der Waals surface area contributed by atoms with E-state index in [1.807, 2.05) is 0 Å². The van der Waals surface area contributed by atoms with Crippen LogP contribution in [-0.2, 0) is 19.1 Å². The molecule has 1 heterocycles. The van der Waals surface area contributed by atoms with Gasteiger partial charge in [-0.3, -0.25) is 14.9 Å². The summed E-state index contributed by atoms with van der Waals surface area (Å²) >= 11 is 1.09. The first-order valence-corrected chi connectivity index (χ1v) is 9.70. The summed E-state index contributed by atoms with van der Waals surface area (Å²) < 4.78 is 10.3. The Morgan fingerprint density at radius 2 is 1.74 bits per heavy atom. The largest absolute Gasteiger partial charge is 0.464 e. The number of nitrogens with one attached hydrogen (secondary N) is 3. The van der Waals surface area contributed by atoms with Crippen LogP contribution in [0, 0.1) is 0 Å². The fourth-order valence-corrected chi connectivity index (χ4v) is 3.00. The van der Waals surface area contributed by atoms with Crippen molar-refractivity contribution >= 4 is 51.1 Å². The van der Waals surface area contributed by atoms with Gasteiger partial charge in [-0.15, -0.1) is 11.3 Å². The molecule has 3 amide bonds. The summed E-state index contributed by atoms with van der Waals surface area (Å²) in [5.41, 5.74) is -0.325. The molecule has 1 aromatic heterocycles. The molecule has 0 saturated carbocycles. The zero-order chi connectivity index (χ0) is 23.3. The maximum absolute atomic E-state index is 12.4. The van der Waals surface area contributed by atoms with Crippen LogP contribution in [-0.4, -0.2) is 41.6 Å². The number of carbonyl (C=O) groups excluding carboxylic acids is 4. The van der Waals surface area contributed by atoms with E-state index >= 15 is 0 Å². The molecule has 0 bridgehead atoms. The van der Waals surface area contributed by atoms with Gasteiger partial charge in [-0.2, -0.15) is 0 Å². The molecule has 0 spiro atoms. The van der Waals surface area contributed by atoms with Crippen molar-refractivity contribution < 1.29 is 28.7 Å². The molecular formula is C20H22N4O6S. The number of rotatable bonds is 6. The molecule has 0 saturated heterocycles. The van der Waals surface area contributed by atoms with Crippen LogP contribution < -0.4 is 16.0 Å². The lowest BCUT2D eigenvalue weighted by molar-refractivity contribution is -0.137. The normalized spacial score (nSPS) is 10.7. The maximum atomic E-state index is 12.4. The van der Waals surface area contributed by atoms with Crippen LogP contribution in [0.2, 0.25) is 0 Å². The van der Waals surface area contributed by atoms with Gasteiger partial charge in [-0.05, 0) is 39.0 Å². The minimum atomic E-state index is -0.825. The molecule has 0 atom stereocenters. The smallest absolute Gasteiger partial charge is 0.412 e. The van der Waals surface area contributed by atoms with E-state index in [9.17, 15) is 19.2 Å². The number of esters is 1. The Morgan fingerprint density at radius 3 is 2.35 bits per heavy atom. The van der Waals surface area contributed by atoms with Gasteiger partial charge in [-0.25, -0.2) is 14.6 Å². The van der Waals surface area contributed by atoms with Crippen LogP contribution in [0.15, 0.2) is 42.8 Å². The summed E-state index contributed by atoms with van der Waals surface area (Å²) in [7, 11) is 1.14. The van der Waals surface area contributed by atoms with Crippen LogP contribution in [0.1, 0.15) is 30.6 Å². The molecule has 164 valence electrons. The average Bonchev–Trinajstić information content (AvgIpc) is 3.09. The van der Waals surface area contributed by atoms with Crippen molar-refractivity contribution in [2.75, 3.05) is 12.4 Å². The molecule has 2 rings (SSSR count). The molecule has 1 aromatic carbocycles. The van der Waals surface area contributed by atoms with E-state index in [1.54, 1.807) is 39.0 Å². The Kier molecular flexibility index (Phi) is 7.13. The number of fused-ring (bicyclic) bond motifs is 1. The quantitative estimate of drug-likeness (QED) is 0.458. The Balaban J connectivity index is 2.06. The van der Waals surface area contributed by atoms with E-state index in [1.165, 1.54) is 0 Å². The van der Waals surface area contributed by atoms with Crippen molar-refractivity contribution in [3.63, 3.8) is 0 Å². The Morgan fingerprint density at radius 1 is 1.06 bits per heavy atom. The number of thiazole rings is 1. The molecule has 0 fully saturated rings. The first-order chi connectivity index (χ1) is 14.4. The van der Waals surface area contributed by atoms with Gasteiger partial charge in [0.25, 0.3) is 11.8 Å². The molecule has 0 aliphatic rings. The Bertz CT molecular complexity index is 1080. The summed E-state index contributed by atoms with van der Waals surface area (Å²) in [6, 6.07) is 4.93.